The van der Waals surface area contributed by atoms with Crippen molar-refractivity contribution in [2.24, 2.45) is 11.1 Å². The van der Waals surface area contributed by atoms with Crippen LogP contribution in [0.15, 0.2) is 0 Å². The molecule has 0 aromatic heterocycles. The first kappa shape index (κ1) is 12.0. The minimum atomic E-state index is 0.272. The number of hydrogen-bond donors (Lipinski definition) is 1. The summed E-state index contributed by atoms with van der Waals surface area (Å²) in [5.74, 6) is 0. The molecule has 3 heteroatoms. The van der Waals surface area contributed by atoms with E-state index in [-0.39, 0.29) is 5.41 Å². The van der Waals surface area contributed by atoms with E-state index in [2.05, 4.69) is 30.6 Å². The summed E-state index contributed by atoms with van der Waals surface area (Å²) in [7, 11) is 0. The Balaban J connectivity index is 2.28. The second kappa shape index (κ2) is 5.10. The zero-order valence-corrected chi connectivity index (χ0v) is 9.92. The van der Waals surface area contributed by atoms with Crippen LogP contribution < -0.4 is 5.73 Å². The molecule has 1 saturated heterocycles. The lowest BCUT2D eigenvalue weighted by atomic mass is 9.93. The normalized spacial score (nSPS) is 21.4. The molecule has 2 N–H and O–H groups in total. The maximum absolute atomic E-state index is 5.74. The molecule has 1 aliphatic rings. The lowest BCUT2D eigenvalue weighted by Gasteiger charge is -2.38. The quantitative estimate of drug-likeness (QED) is 0.720. The Hall–Kier alpha value is -0.120. The topological polar surface area (TPSA) is 32.5 Å². The van der Waals surface area contributed by atoms with Crippen LogP contribution in [0.3, 0.4) is 0 Å². The largest absolute Gasteiger partial charge is 0.330 e. The van der Waals surface area contributed by atoms with Crippen molar-refractivity contribution in [1.29, 1.82) is 0 Å². The van der Waals surface area contributed by atoms with Crippen LogP contribution in [-0.2, 0) is 0 Å². The average molecular weight is 199 g/mol. The molecule has 3 nitrogen and oxygen atoms in total. The van der Waals surface area contributed by atoms with Gasteiger partial charge in [0, 0.05) is 32.7 Å². The molecule has 0 aromatic rings. The molecule has 0 atom stereocenters. The zero-order valence-electron chi connectivity index (χ0n) is 9.92. The maximum atomic E-state index is 5.74. The van der Waals surface area contributed by atoms with Gasteiger partial charge in [-0.05, 0) is 18.5 Å². The van der Waals surface area contributed by atoms with Crippen molar-refractivity contribution in [2.45, 2.75) is 20.8 Å². The van der Waals surface area contributed by atoms with Crippen molar-refractivity contribution < 1.29 is 0 Å². The van der Waals surface area contributed by atoms with Crippen molar-refractivity contribution in [2.75, 3.05) is 45.8 Å². The van der Waals surface area contributed by atoms with E-state index >= 15 is 0 Å². The van der Waals surface area contributed by atoms with Crippen LogP contribution in [0.1, 0.15) is 20.8 Å². The van der Waals surface area contributed by atoms with Gasteiger partial charge in [-0.2, -0.15) is 0 Å². The Bertz CT molecular complexity index is 160. The molecule has 0 aromatic carbocycles. The van der Waals surface area contributed by atoms with E-state index in [9.17, 15) is 0 Å². The third kappa shape index (κ3) is 3.56. The molecule has 0 amide bonds. The second-order valence-electron chi connectivity index (χ2n) is 5.08. The molecule has 0 radical (unpaired) electrons. The van der Waals surface area contributed by atoms with E-state index in [1.807, 2.05) is 0 Å². The average Bonchev–Trinajstić information content (AvgIpc) is 2.19. The SMILES string of the molecule is CCN1CCN(CC(C)(C)CN)CC1. The Kier molecular flexibility index (Phi) is 4.35. The Labute approximate surface area is 88.2 Å². The standard InChI is InChI=1S/C11H25N3/c1-4-13-5-7-14(8-6-13)10-11(2,3)9-12/h4-10,12H2,1-3H3. The van der Waals surface area contributed by atoms with Gasteiger partial charge in [0.05, 0.1) is 0 Å². The van der Waals surface area contributed by atoms with Gasteiger partial charge in [0.2, 0.25) is 0 Å². The molecule has 0 bridgehead atoms. The second-order valence-corrected chi connectivity index (χ2v) is 5.08. The van der Waals surface area contributed by atoms with Gasteiger partial charge in [0.25, 0.3) is 0 Å². The molecule has 1 heterocycles. The Morgan fingerprint density at radius 2 is 1.57 bits per heavy atom. The number of nitrogens with two attached hydrogens (primary N) is 1. The molecule has 14 heavy (non-hydrogen) atoms. The van der Waals surface area contributed by atoms with Crippen LogP contribution in [0, 0.1) is 5.41 Å². The van der Waals surface area contributed by atoms with Crippen molar-refractivity contribution in [3.05, 3.63) is 0 Å². The van der Waals surface area contributed by atoms with Crippen molar-refractivity contribution in [3.8, 4) is 0 Å². The maximum Gasteiger partial charge on any atom is 0.0110 e. The molecule has 1 rings (SSSR count). The van der Waals surface area contributed by atoms with Crippen molar-refractivity contribution in [3.63, 3.8) is 0 Å². The number of hydrogen-bond acceptors (Lipinski definition) is 3. The highest BCUT2D eigenvalue weighted by Gasteiger charge is 2.22. The lowest BCUT2D eigenvalue weighted by Crippen LogP contribution is -2.49. The van der Waals surface area contributed by atoms with E-state index in [1.54, 1.807) is 0 Å². The summed E-state index contributed by atoms with van der Waals surface area (Å²) in [6.45, 7) is 14.7. The van der Waals surface area contributed by atoms with E-state index in [0.29, 0.717) is 0 Å². The number of nitrogens with zero attached hydrogens (tertiary/aromatic N) is 2. The van der Waals surface area contributed by atoms with Gasteiger partial charge >= 0.3 is 0 Å². The van der Waals surface area contributed by atoms with Gasteiger partial charge in [0.15, 0.2) is 0 Å². The molecule has 0 spiro atoms. The highest BCUT2D eigenvalue weighted by molar-refractivity contribution is 4.78. The molecule has 1 fully saturated rings. The summed E-state index contributed by atoms with van der Waals surface area (Å²) < 4.78 is 0. The van der Waals surface area contributed by atoms with Crippen LogP contribution in [0.5, 0.6) is 0 Å². The zero-order chi connectivity index (χ0) is 10.6. The number of likely N-dealkylation sites (N-methyl/N-ethyl adjacent to an activating group) is 1. The first-order valence-electron chi connectivity index (χ1n) is 5.72. The Morgan fingerprint density at radius 1 is 1.07 bits per heavy atom. The van der Waals surface area contributed by atoms with Gasteiger partial charge in [-0.25, -0.2) is 0 Å². The summed E-state index contributed by atoms with van der Waals surface area (Å²) >= 11 is 0. The van der Waals surface area contributed by atoms with Crippen molar-refractivity contribution in [1.82, 2.24) is 9.80 Å². The van der Waals surface area contributed by atoms with E-state index in [1.165, 1.54) is 32.7 Å². The summed E-state index contributed by atoms with van der Waals surface area (Å²) in [6.07, 6.45) is 0. The number of piperazine rings is 1. The third-order valence-electron chi connectivity index (χ3n) is 3.12. The summed E-state index contributed by atoms with van der Waals surface area (Å²) in [4.78, 5) is 5.05. The van der Waals surface area contributed by atoms with Crippen LogP contribution >= 0.6 is 0 Å². The molecule has 1 aliphatic heterocycles. The highest BCUT2D eigenvalue weighted by atomic mass is 15.3. The molecular weight excluding hydrogens is 174 g/mol. The van der Waals surface area contributed by atoms with Crippen molar-refractivity contribution >= 4 is 0 Å². The third-order valence-corrected chi connectivity index (χ3v) is 3.12. The molecule has 0 saturated carbocycles. The van der Waals surface area contributed by atoms with Crippen LogP contribution in [0.25, 0.3) is 0 Å². The summed E-state index contributed by atoms with van der Waals surface area (Å²) in [5.41, 5.74) is 6.01. The van der Waals surface area contributed by atoms with Gasteiger partial charge in [0.1, 0.15) is 0 Å². The van der Waals surface area contributed by atoms with Gasteiger partial charge in [-0.3, -0.25) is 0 Å². The van der Waals surface area contributed by atoms with Crippen LogP contribution in [-0.4, -0.2) is 55.6 Å². The van der Waals surface area contributed by atoms with Crippen LogP contribution in [0.4, 0.5) is 0 Å². The fraction of sp³-hybridized carbons (Fsp3) is 1.00. The molecule has 84 valence electrons. The number of rotatable bonds is 4. The van der Waals surface area contributed by atoms with E-state index in [0.717, 1.165) is 13.1 Å². The Morgan fingerprint density at radius 3 is 2.00 bits per heavy atom. The first-order chi connectivity index (χ1) is 6.57. The predicted octanol–water partition coefficient (Wildman–Crippen LogP) is 0.609. The fourth-order valence-electron chi connectivity index (χ4n) is 1.93. The van der Waals surface area contributed by atoms with Gasteiger partial charge < -0.3 is 15.5 Å². The van der Waals surface area contributed by atoms with E-state index in [4.69, 9.17) is 5.73 Å². The van der Waals surface area contributed by atoms with E-state index < -0.39 is 0 Å². The lowest BCUT2D eigenvalue weighted by molar-refractivity contribution is 0.103. The van der Waals surface area contributed by atoms with Gasteiger partial charge in [-0.15, -0.1) is 0 Å². The first-order valence-corrected chi connectivity index (χ1v) is 5.72. The minimum absolute atomic E-state index is 0.272. The summed E-state index contributed by atoms with van der Waals surface area (Å²) in [6, 6.07) is 0. The monoisotopic (exact) mass is 199 g/mol. The fourth-order valence-corrected chi connectivity index (χ4v) is 1.93. The predicted molar refractivity (Wildman–Crippen MR) is 61.4 cm³/mol. The highest BCUT2D eigenvalue weighted by Crippen LogP contribution is 2.15. The molecule has 0 unspecified atom stereocenters. The molecule has 0 aliphatic carbocycles. The van der Waals surface area contributed by atoms with Crippen LogP contribution in [0.2, 0.25) is 0 Å². The smallest absolute Gasteiger partial charge is 0.0110 e. The summed E-state index contributed by atoms with van der Waals surface area (Å²) in [5, 5.41) is 0. The molecular formula is C11H25N3. The minimum Gasteiger partial charge on any atom is -0.330 e. The van der Waals surface area contributed by atoms with Gasteiger partial charge in [-0.1, -0.05) is 20.8 Å².